The van der Waals surface area contributed by atoms with E-state index in [9.17, 15) is 12.8 Å². The normalized spacial score (nSPS) is 15.4. The number of anilines is 1. The molecule has 0 amide bonds. The predicted molar refractivity (Wildman–Crippen MR) is 90.2 cm³/mol. The van der Waals surface area contributed by atoms with Crippen molar-refractivity contribution in [3.05, 3.63) is 47.5 Å². The fourth-order valence-electron chi connectivity index (χ4n) is 2.48. The van der Waals surface area contributed by atoms with Crippen LogP contribution >= 0.6 is 0 Å². The Kier molecular flexibility index (Phi) is 5.26. The van der Waals surface area contributed by atoms with Crippen LogP contribution in [0.3, 0.4) is 0 Å². The lowest BCUT2D eigenvalue weighted by Crippen LogP contribution is -2.37. The number of morpholine rings is 1. The summed E-state index contributed by atoms with van der Waals surface area (Å²) in [4.78, 5) is 10.9. The lowest BCUT2D eigenvalue weighted by molar-refractivity contribution is 0.122. The van der Waals surface area contributed by atoms with Gasteiger partial charge in [-0.2, -0.15) is 0 Å². The van der Waals surface area contributed by atoms with E-state index in [0.717, 1.165) is 17.8 Å². The number of sulfonamides is 1. The van der Waals surface area contributed by atoms with E-state index in [0.29, 0.717) is 37.9 Å². The molecule has 2 heterocycles. The van der Waals surface area contributed by atoms with Gasteiger partial charge in [0.2, 0.25) is 16.0 Å². The highest BCUT2D eigenvalue weighted by Crippen LogP contribution is 2.14. The van der Waals surface area contributed by atoms with Crippen molar-refractivity contribution in [2.75, 3.05) is 31.2 Å². The van der Waals surface area contributed by atoms with E-state index in [4.69, 9.17) is 4.74 Å². The third kappa shape index (κ3) is 4.50. The number of hydrogen-bond donors (Lipinski definition) is 1. The monoisotopic (exact) mass is 366 g/mol. The lowest BCUT2D eigenvalue weighted by atomic mass is 10.3. The summed E-state index contributed by atoms with van der Waals surface area (Å²) in [6, 6.07) is 6.40. The summed E-state index contributed by atoms with van der Waals surface area (Å²) in [6.45, 7) is 4.49. The Bertz CT molecular complexity index is 837. The molecular weight excluding hydrogens is 347 g/mol. The number of halogens is 1. The van der Waals surface area contributed by atoms with Crippen molar-refractivity contribution in [1.29, 1.82) is 0 Å². The molecule has 0 unspecified atom stereocenters. The molecule has 1 aliphatic heterocycles. The number of nitrogens with one attached hydrogen (secondary N) is 1. The minimum Gasteiger partial charge on any atom is -0.378 e. The molecule has 25 heavy (non-hydrogen) atoms. The second-order valence-corrected chi connectivity index (χ2v) is 7.45. The van der Waals surface area contributed by atoms with Crippen molar-refractivity contribution in [1.82, 2.24) is 14.7 Å². The highest BCUT2D eigenvalue weighted by Gasteiger charge is 2.17. The largest absolute Gasteiger partial charge is 0.378 e. The molecule has 134 valence electrons. The molecule has 0 spiro atoms. The quantitative estimate of drug-likeness (QED) is 0.857. The van der Waals surface area contributed by atoms with Gasteiger partial charge in [-0.3, -0.25) is 0 Å². The maximum atomic E-state index is 12.9. The number of aromatic nitrogens is 2. The van der Waals surface area contributed by atoms with Crippen molar-refractivity contribution < 1.29 is 17.5 Å². The fourth-order valence-corrected chi connectivity index (χ4v) is 3.48. The van der Waals surface area contributed by atoms with E-state index >= 15 is 0 Å². The number of nitrogens with zero attached hydrogens (tertiary/aromatic N) is 3. The van der Waals surface area contributed by atoms with Crippen LogP contribution in [0.15, 0.2) is 35.2 Å². The summed E-state index contributed by atoms with van der Waals surface area (Å²) in [5.74, 6) is 0.0832. The van der Waals surface area contributed by atoms with E-state index in [2.05, 4.69) is 14.7 Å². The molecule has 7 nitrogen and oxygen atoms in total. The number of ether oxygens (including phenoxy) is 1. The van der Waals surface area contributed by atoms with Crippen LogP contribution in [0, 0.1) is 12.7 Å². The first-order chi connectivity index (χ1) is 11.9. The van der Waals surface area contributed by atoms with Gasteiger partial charge in [0.05, 0.1) is 30.3 Å². The van der Waals surface area contributed by atoms with Crippen molar-refractivity contribution >= 4 is 16.0 Å². The van der Waals surface area contributed by atoms with Gasteiger partial charge in [0.1, 0.15) is 5.82 Å². The van der Waals surface area contributed by atoms with E-state index in [1.807, 2.05) is 11.8 Å². The Morgan fingerprint density at radius 1 is 1.20 bits per heavy atom. The van der Waals surface area contributed by atoms with Crippen molar-refractivity contribution in [3.63, 3.8) is 0 Å². The maximum Gasteiger partial charge on any atom is 0.240 e. The van der Waals surface area contributed by atoms with Gasteiger partial charge in [-0.25, -0.2) is 27.5 Å². The topological polar surface area (TPSA) is 84.4 Å². The molecule has 3 rings (SSSR count). The van der Waals surface area contributed by atoms with Crippen molar-refractivity contribution in [2.24, 2.45) is 0 Å². The Labute approximate surface area is 145 Å². The fraction of sp³-hybridized carbons (Fsp3) is 0.375. The van der Waals surface area contributed by atoms with Crippen LogP contribution in [0.1, 0.15) is 11.4 Å². The van der Waals surface area contributed by atoms with Gasteiger partial charge < -0.3 is 9.64 Å². The molecule has 1 aliphatic rings. The van der Waals surface area contributed by atoms with Crippen LogP contribution < -0.4 is 9.62 Å². The predicted octanol–water partition coefficient (Wildman–Crippen LogP) is 1.24. The number of benzene rings is 1. The molecule has 9 heteroatoms. The molecule has 0 aliphatic carbocycles. The minimum atomic E-state index is -3.74. The Balaban J connectivity index is 1.74. The molecule has 1 fully saturated rings. The van der Waals surface area contributed by atoms with Gasteiger partial charge >= 0.3 is 0 Å². The molecule has 1 N–H and O–H groups in total. The maximum absolute atomic E-state index is 12.9. The molecule has 1 aromatic heterocycles. The third-order valence-corrected chi connectivity index (χ3v) is 5.17. The Hall–Kier alpha value is -2.10. The molecule has 0 bridgehead atoms. The van der Waals surface area contributed by atoms with Crippen LogP contribution in [0.25, 0.3) is 0 Å². The van der Waals surface area contributed by atoms with Gasteiger partial charge in [-0.15, -0.1) is 0 Å². The Morgan fingerprint density at radius 2 is 1.88 bits per heavy atom. The summed E-state index contributed by atoms with van der Waals surface area (Å²) in [5.41, 5.74) is 1.33. The second-order valence-electron chi connectivity index (χ2n) is 5.68. The number of rotatable bonds is 5. The van der Waals surface area contributed by atoms with Crippen LogP contribution in [0.4, 0.5) is 10.3 Å². The number of hydrogen-bond acceptors (Lipinski definition) is 6. The second kappa shape index (κ2) is 7.42. The SMILES string of the molecule is Cc1cc(CNS(=O)(=O)c2ccc(F)cc2)nc(N2CCOCC2)n1. The summed E-state index contributed by atoms with van der Waals surface area (Å²) in [5, 5.41) is 0. The van der Waals surface area contributed by atoms with Crippen LogP contribution in [0.2, 0.25) is 0 Å². The third-order valence-electron chi connectivity index (χ3n) is 3.76. The molecule has 1 saturated heterocycles. The molecule has 0 saturated carbocycles. The molecule has 2 aromatic rings. The van der Waals surface area contributed by atoms with Gasteiger partial charge in [-0.1, -0.05) is 0 Å². The Morgan fingerprint density at radius 3 is 2.56 bits per heavy atom. The first-order valence-electron chi connectivity index (χ1n) is 7.86. The van der Waals surface area contributed by atoms with Crippen molar-refractivity contribution in [2.45, 2.75) is 18.4 Å². The average molecular weight is 366 g/mol. The highest BCUT2D eigenvalue weighted by atomic mass is 32.2. The van der Waals surface area contributed by atoms with Crippen LogP contribution in [-0.4, -0.2) is 44.7 Å². The van der Waals surface area contributed by atoms with E-state index < -0.39 is 15.8 Å². The van der Waals surface area contributed by atoms with Gasteiger partial charge in [0, 0.05) is 18.8 Å². The van der Waals surface area contributed by atoms with E-state index in [1.54, 1.807) is 6.07 Å². The molecule has 0 atom stereocenters. The average Bonchev–Trinajstić information content (AvgIpc) is 2.61. The van der Waals surface area contributed by atoms with Gasteiger partial charge in [0.25, 0.3) is 0 Å². The molecule has 0 radical (unpaired) electrons. The molecule has 1 aromatic carbocycles. The smallest absolute Gasteiger partial charge is 0.240 e. The zero-order chi connectivity index (χ0) is 17.9. The van der Waals surface area contributed by atoms with Crippen LogP contribution in [-0.2, 0) is 21.3 Å². The first kappa shape index (κ1) is 17.7. The summed E-state index contributed by atoms with van der Waals surface area (Å²) >= 11 is 0. The standard InChI is InChI=1S/C16H19FN4O3S/c1-12-10-14(20-16(19-12)21-6-8-24-9-7-21)11-18-25(22,23)15-4-2-13(17)3-5-15/h2-5,10,18H,6-9,11H2,1H3. The van der Waals surface area contributed by atoms with Gasteiger partial charge in [0.15, 0.2) is 0 Å². The van der Waals surface area contributed by atoms with Crippen LogP contribution in [0.5, 0.6) is 0 Å². The highest BCUT2D eigenvalue weighted by molar-refractivity contribution is 7.89. The summed E-state index contributed by atoms with van der Waals surface area (Å²) in [7, 11) is -3.74. The summed E-state index contributed by atoms with van der Waals surface area (Å²) in [6.07, 6.45) is 0. The first-order valence-corrected chi connectivity index (χ1v) is 9.35. The zero-order valence-electron chi connectivity index (χ0n) is 13.8. The van der Waals surface area contributed by atoms with Crippen molar-refractivity contribution in [3.8, 4) is 0 Å². The summed E-state index contributed by atoms with van der Waals surface area (Å²) < 4.78 is 45.3. The molecular formula is C16H19FN4O3S. The minimum absolute atomic E-state index is 0.00748. The zero-order valence-corrected chi connectivity index (χ0v) is 14.6. The number of aryl methyl sites for hydroxylation is 1. The van der Waals surface area contributed by atoms with E-state index in [-0.39, 0.29) is 11.4 Å². The van der Waals surface area contributed by atoms with E-state index in [1.165, 1.54) is 12.1 Å². The van der Waals surface area contributed by atoms with Gasteiger partial charge in [-0.05, 0) is 37.3 Å². The lowest BCUT2D eigenvalue weighted by Gasteiger charge is -2.27.